The van der Waals surface area contributed by atoms with Gasteiger partial charge in [-0.15, -0.1) is 0 Å². The van der Waals surface area contributed by atoms with E-state index in [-0.39, 0.29) is 30.6 Å². The molecule has 0 radical (unpaired) electrons. The Morgan fingerprint density at radius 1 is 1.40 bits per heavy atom. The Morgan fingerprint density at radius 2 is 2.30 bits per heavy atom. The second kappa shape index (κ2) is 1.53. The van der Waals surface area contributed by atoms with Crippen LogP contribution in [-0.4, -0.2) is 42.3 Å². The lowest BCUT2D eigenvalue weighted by Gasteiger charge is -2.20. The van der Waals surface area contributed by atoms with Crippen LogP contribution in [0.25, 0.3) is 0 Å². The average Bonchev–Trinajstić information content (AvgIpc) is 2.61. The Kier molecular flexibility index (Phi) is 0.840. The molecule has 3 saturated heterocycles. The van der Waals surface area contributed by atoms with Gasteiger partial charge in [0.1, 0.15) is 6.10 Å². The molecule has 4 nitrogen and oxygen atoms in total. The van der Waals surface area contributed by atoms with Gasteiger partial charge in [0.25, 0.3) is 0 Å². The van der Waals surface area contributed by atoms with Gasteiger partial charge in [-0.2, -0.15) is 0 Å². The van der Waals surface area contributed by atoms with Gasteiger partial charge in [0.2, 0.25) is 0 Å². The molecular weight excluding hydrogens is 134 g/mol. The fourth-order valence-electron chi connectivity index (χ4n) is 1.76. The zero-order valence-electron chi connectivity index (χ0n) is 5.36. The number of aliphatic hydroxyl groups is 1. The van der Waals surface area contributed by atoms with Gasteiger partial charge < -0.3 is 19.9 Å². The lowest BCUT2D eigenvalue weighted by atomic mass is 10.1. The third kappa shape index (κ3) is 0.509. The van der Waals surface area contributed by atoms with E-state index in [1.807, 2.05) is 0 Å². The van der Waals surface area contributed by atoms with E-state index in [1.165, 1.54) is 0 Å². The molecule has 0 aromatic heterocycles. The average molecular weight is 143 g/mol. The molecule has 10 heavy (non-hydrogen) atoms. The minimum absolute atomic E-state index is 0.0822. The maximum Gasteiger partial charge on any atom is 0.175 e. The van der Waals surface area contributed by atoms with Gasteiger partial charge in [0.05, 0.1) is 24.8 Å². The summed E-state index contributed by atoms with van der Waals surface area (Å²) in [6.45, 7) is 0.556. The standard InChI is InChI=1S/C6H9NO3/c8-5-2-1-9-6(10-2)4-3(5)7-4/h2-8H,1H2/t2-,3+,4-,5+,6-/m1/s1. The van der Waals surface area contributed by atoms with Gasteiger partial charge in [-0.3, -0.25) is 0 Å². The first kappa shape index (κ1) is 5.49. The predicted octanol–water partition coefficient (Wildman–Crippen LogP) is -1.56. The molecule has 0 saturated carbocycles. The number of hydrogen-bond acceptors (Lipinski definition) is 4. The summed E-state index contributed by atoms with van der Waals surface area (Å²) in [7, 11) is 0. The highest BCUT2D eigenvalue weighted by Crippen LogP contribution is 2.35. The minimum atomic E-state index is -0.358. The summed E-state index contributed by atoms with van der Waals surface area (Å²) in [6, 6.07) is 0.500. The monoisotopic (exact) mass is 143 g/mol. The van der Waals surface area contributed by atoms with E-state index in [4.69, 9.17) is 9.47 Å². The molecule has 2 N–H and O–H groups in total. The second-order valence-corrected chi connectivity index (χ2v) is 3.09. The summed E-state index contributed by atoms with van der Waals surface area (Å²) in [6.07, 6.45) is -0.525. The van der Waals surface area contributed by atoms with Gasteiger partial charge in [0.15, 0.2) is 6.29 Å². The molecule has 4 heteroatoms. The van der Waals surface area contributed by atoms with Crippen LogP contribution in [-0.2, 0) is 9.47 Å². The number of aliphatic hydroxyl groups excluding tert-OH is 1. The van der Waals surface area contributed by atoms with Crippen molar-refractivity contribution in [1.82, 2.24) is 5.32 Å². The van der Waals surface area contributed by atoms with Crippen LogP contribution in [0.2, 0.25) is 0 Å². The van der Waals surface area contributed by atoms with Crippen LogP contribution < -0.4 is 5.32 Å². The summed E-state index contributed by atoms with van der Waals surface area (Å²) in [5.41, 5.74) is 0. The maximum absolute atomic E-state index is 9.44. The van der Waals surface area contributed by atoms with E-state index < -0.39 is 0 Å². The first-order valence-corrected chi connectivity index (χ1v) is 3.57. The van der Waals surface area contributed by atoms with Crippen LogP contribution in [0.4, 0.5) is 0 Å². The lowest BCUT2D eigenvalue weighted by Crippen LogP contribution is -2.39. The molecule has 0 aromatic rings. The van der Waals surface area contributed by atoms with Crippen LogP contribution in [0.1, 0.15) is 0 Å². The molecule has 3 fully saturated rings. The van der Waals surface area contributed by atoms with E-state index in [0.717, 1.165) is 0 Å². The highest BCUT2D eigenvalue weighted by Gasteiger charge is 2.58. The zero-order chi connectivity index (χ0) is 6.72. The Hall–Kier alpha value is -0.160. The molecule has 0 amide bonds. The molecule has 3 aliphatic rings. The van der Waals surface area contributed by atoms with E-state index >= 15 is 0 Å². The summed E-state index contributed by atoms with van der Waals surface area (Å²) in [5, 5.41) is 12.6. The van der Waals surface area contributed by atoms with Crippen molar-refractivity contribution in [3.8, 4) is 0 Å². The predicted molar refractivity (Wildman–Crippen MR) is 31.3 cm³/mol. The third-order valence-electron chi connectivity index (χ3n) is 2.44. The minimum Gasteiger partial charge on any atom is -0.389 e. The Bertz CT molecular complexity index is 172. The van der Waals surface area contributed by atoms with Crippen molar-refractivity contribution >= 4 is 0 Å². The van der Waals surface area contributed by atoms with Crippen LogP contribution in [0.3, 0.4) is 0 Å². The molecule has 2 bridgehead atoms. The highest BCUT2D eigenvalue weighted by atomic mass is 16.7. The van der Waals surface area contributed by atoms with Gasteiger partial charge in [0, 0.05) is 0 Å². The third-order valence-corrected chi connectivity index (χ3v) is 2.44. The number of ether oxygens (including phenoxy) is 2. The van der Waals surface area contributed by atoms with Crippen LogP contribution >= 0.6 is 0 Å². The van der Waals surface area contributed by atoms with Crippen molar-refractivity contribution in [3.05, 3.63) is 0 Å². The Labute approximate surface area is 58.1 Å². The quantitative estimate of drug-likeness (QED) is 0.403. The van der Waals surface area contributed by atoms with E-state index in [9.17, 15) is 5.11 Å². The lowest BCUT2D eigenvalue weighted by molar-refractivity contribution is -0.101. The first-order valence-electron chi connectivity index (χ1n) is 3.57. The van der Waals surface area contributed by atoms with Crippen LogP contribution in [0.5, 0.6) is 0 Å². The summed E-state index contributed by atoms with van der Waals surface area (Å²) >= 11 is 0. The number of nitrogens with one attached hydrogen (secondary N) is 1. The number of hydrogen-bond donors (Lipinski definition) is 2. The summed E-state index contributed by atoms with van der Waals surface area (Å²) in [4.78, 5) is 0. The van der Waals surface area contributed by atoms with Gasteiger partial charge in [-0.1, -0.05) is 0 Å². The van der Waals surface area contributed by atoms with Crippen molar-refractivity contribution in [3.63, 3.8) is 0 Å². The molecule has 5 atom stereocenters. The fourth-order valence-corrected chi connectivity index (χ4v) is 1.76. The largest absolute Gasteiger partial charge is 0.389 e. The molecule has 3 aliphatic heterocycles. The smallest absolute Gasteiger partial charge is 0.175 e. The summed E-state index contributed by atoms with van der Waals surface area (Å²) < 4.78 is 10.6. The van der Waals surface area contributed by atoms with Crippen molar-refractivity contribution in [2.75, 3.05) is 6.61 Å². The second-order valence-electron chi connectivity index (χ2n) is 3.09. The molecule has 56 valence electrons. The molecule has 0 unspecified atom stereocenters. The Morgan fingerprint density at radius 3 is 3.20 bits per heavy atom. The van der Waals surface area contributed by atoms with E-state index in [0.29, 0.717) is 6.61 Å². The fraction of sp³-hybridized carbons (Fsp3) is 1.00. The molecule has 0 spiro atoms. The van der Waals surface area contributed by atoms with Gasteiger partial charge in [-0.25, -0.2) is 0 Å². The number of fused-ring (bicyclic) bond motifs is 4. The van der Waals surface area contributed by atoms with Crippen molar-refractivity contribution in [2.24, 2.45) is 0 Å². The van der Waals surface area contributed by atoms with Crippen LogP contribution in [0, 0.1) is 0 Å². The van der Waals surface area contributed by atoms with Crippen molar-refractivity contribution < 1.29 is 14.6 Å². The zero-order valence-corrected chi connectivity index (χ0v) is 5.36. The molecule has 3 rings (SSSR count). The molecule has 0 aliphatic carbocycles. The topological polar surface area (TPSA) is 60.6 Å². The molecular formula is C6H9NO3. The Balaban J connectivity index is 1.91. The first-order chi connectivity index (χ1) is 4.86. The maximum atomic E-state index is 9.44. The number of rotatable bonds is 0. The van der Waals surface area contributed by atoms with Crippen LogP contribution in [0.15, 0.2) is 0 Å². The summed E-state index contributed by atoms with van der Waals surface area (Å²) in [5.74, 6) is 0. The van der Waals surface area contributed by atoms with Crippen molar-refractivity contribution in [1.29, 1.82) is 0 Å². The molecule has 3 heterocycles. The highest BCUT2D eigenvalue weighted by molar-refractivity contribution is 5.12. The van der Waals surface area contributed by atoms with Crippen molar-refractivity contribution in [2.45, 2.75) is 30.6 Å². The van der Waals surface area contributed by atoms with Gasteiger partial charge >= 0.3 is 0 Å². The molecule has 0 aromatic carbocycles. The van der Waals surface area contributed by atoms with E-state index in [1.54, 1.807) is 0 Å². The van der Waals surface area contributed by atoms with E-state index in [2.05, 4.69) is 5.32 Å². The normalized spacial score (nSPS) is 63.9. The SMILES string of the molecule is O[C@@H]1[C@H]2N[C@H]2[C@@H]2OC[C@H]1O2. The van der Waals surface area contributed by atoms with Gasteiger partial charge in [-0.05, 0) is 0 Å².